The van der Waals surface area contributed by atoms with Gasteiger partial charge in [0, 0.05) is 0 Å². The molecule has 0 radical (unpaired) electrons. The fourth-order valence-corrected chi connectivity index (χ4v) is 0.930. The van der Waals surface area contributed by atoms with Gasteiger partial charge >= 0.3 is 0 Å². The molecule has 6 N–H and O–H groups in total. The van der Waals surface area contributed by atoms with Crippen molar-refractivity contribution in [2.24, 2.45) is 11.5 Å². The quantitative estimate of drug-likeness (QED) is 0.427. The molecule has 0 aliphatic rings. The molecule has 2 unspecified atom stereocenters. The van der Waals surface area contributed by atoms with Crippen LogP contribution in [-0.4, -0.2) is 35.9 Å². The molecule has 0 fully saturated rings. The molecular weight excluding hydrogens is 268 g/mol. The van der Waals surface area contributed by atoms with Crippen LogP contribution in [0.5, 0.6) is 0 Å². The van der Waals surface area contributed by atoms with E-state index in [1.54, 1.807) is 12.2 Å². The predicted molar refractivity (Wildman–Crippen MR) is 92.8 cm³/mol. The third-order valence-corrected chi connectivity index (χ3v) is 1.60. The van der Waals surface area contributed by atoms with Gasteiger partial charge in [0.15, 0.2) is 0 Å². The van der Waals surface area contributed by atoms with Crippen LogP contribution in [0.1, 0.15) is 53.4 Å². The van der Waals surface area contributed by atoms with Crippen LogP contribution in [0.15, 0.2) is 25.3 Å². The van der Waals surface area contributed by atoms with Gasteiger partial charge in [0.05, 0.1) is 13.2 Å². The van der Waals surface area contributed by atoms with Gasteiger partial charge in [0.2, 0.25) is 0 Å². The van der Waals surface area contributed by atoms with E-state index in [2.05, 4.69) is 27.0 Å². The number of rotatable bonds is 7. The topological polar surface area (TPSA) is 102 Å². The Bertz CT molecular complexity index is 161. The first-order valence-corrected chi connectivity index (χ1v) is 7.47. The van der Waals surface area contributed by atoms with Crippen LogP contribution in [-0.2, 0) is 4.74 Å². The number of nitrogens with two attached hydrogens (primary N) is 2. The summed E-state index contributed by atoms with van der Waals surface area (Å²) in [6.45, 7) is 14.4. The van der Waals surface area contributed by atoms with Gasteiger partial charge in [0.1, 0.15) is 12.5 Å². The highest BCUT2D eigenvalue weighted by molar-refractivity contribution is 4.52. The molecule has 0 aliphatic heterocycles. The van der Waals surface area contributed by atoms with Crippen molar-refractivity contribution in [3.8, 4) is 0 Å². The van der Waals surface area contributed by atoms with Crippen molar-refractivity contribution in [2.45, 2.75) is 65.8 Å². The second kappa shape index (κ2) is 31.6. The summed E-state index contributed by atoms with van der Waals surface area (Å²) in [4.78, 5) is 0. The molecule has 0 aromatic carbocycles. The van der Waals surface area contributed by atoms with Crippen LogP contribution in [0.2, 0.25) is 0 Å². The molecule has 0 aromatic rings. The first-order valence-electron chi connectivity index (χ1n) is 7.47. The Balaban J connectivity index is -0.000000119. The number of aliphatic hydroxyl groups is 2. The lowest BCUT2D eigenvalue weighted by Crippen LogP contribution is -2.34. The van der Waals surface area contributed by atoms with Crippen LogP contribution in [0.25, 0.3) is 0 Å². The minimum absolute atomic E-state index is 0.125. The number of hydrogen-bond donors (Lipinski definition) is 4. The molecule has 0 rings (SSSR count). The van der Waals surface area contributed by atoms with Gasteiger partial charge < -0.3 is 26.4 Å². The van der Waals surface area contributed by atoms with E-state index in [9.17, 15) is 0 Å². The Hall–Kier alpha value is -0.720. The van der Waals surface area contributed by atoms with E-state index in [0.717, 1.165) is 25.7 Å². The number of allylic oxidation sites excluding steroid dienone is 2. The molecule has 0 amide bonds. The summed E-state index contributed by atoms with van der Waals surface area (Å²) >= 11 is 0. The molecule has 2 atom stereocenters. The first kappa shape index (κ1) is 28.4. The molecule has 0 saturated heterocycles. The van der Waals surface area contributed by atoms with E-state index in [4.69, 9.17) is 26.4 Å². The smallest absolute Gasteiger partial charge is 0.107 e. The van der Waals surface area contributed by atoms with E-state index in [0.29, 0.717) is 0 Å². The van der Waals surface area contributed by atoms with Gasteiger partial charge in [0.25, 0.3) is 0 Å². The number of hydrogen-bond acceptors (Lipinski definition) is 5. The number of aliphatic hydroxyl groups excluding tert-OH is 2. The van der Waals surface area contributed by atoms with Gasteiger partial charge in [-0.05, 0) is 26.7 Å². The van der Waals surface area contributed by atoms with Gasteiger partial charge in [-0.15, -0.1) is 13.2 Å². The molecule has 0 heterocycles. The number of ether oxygens (including phenoxy) is 1. The third kappa shape index (κ3) is 54.5. The van der Waals surface area contributed by atoms with Gasteiger partial charge in [-0.3, -0.25) is 0 Å². The molecule has 5 heteroatoms. The summed E-state index contributed by atoms with van der Waals surface area (Å²) in [5.41, 5.74) is 11.2. The molecule has 5 nitrogen and oxygen atoms in total. The zero-order chi connectivity index (χ0) is 17.5. The zero-order valence-electron chi connectivity index (χ0n) is 14.4. The molecule has 0 aromatic heterocycles. The summed E-state index contributed by atoms with van der Waals surface area (Å²) in [7, 11) is 0. The van der Waals surface area contributed by atoms with E-state index in [1.165, 1.54) is 0 Å². The summed E-state index contributed by atoms with van der Waals surface area (Å²) < 4.78 is 5.29. The second-order valence-corrected chi connectivity index (χ2v) is 4.05. The highest BCUT2D eigenvalue weighted by Crippen LogP contribution is 2.01. The summed E-state index contributed by atoms with van der Waals surface area (Å²) in [6, 6.07) is 0. The fraction of sp³-hybridized carbons (Fsp3) is 0.750. The Morgan fingerprint density at radius 1 is 0.905 bits per heavy atom. The van der Waals surface area contributed by atoms with E-state index in [1.807, 2.05) is 13.8 Å². The van der Waals surface area contributed by atoms with Crippen molar-refractivity contribution in [2.75, 3.05) is 13.2 Å². The molecule has 0 aliphatic carbocycles. The minimum Gasteiger partial charge on any atom is -0.394 e. The summed E-state index contributed by atoms with van der Waals surface area (Å²) in [5, 5.41) is 15.2. The highest BCUT2D eigenvalue weighted by atomic mass is 16.5. The average molecular weight is 306 g/mol. The highest BCUT2D eigenvalue weighted by Gasteiger charge is 2.06. The van der Waals surface area contributed by atoms with Crippen molar-refractivity contribution >= 4 is 0 Å². The standard InChI is InChI=1S/C8H20N2O.2C3H6.C2H6O2/c1-3-5-7(9)11-8(10)6-4-2;2*1-3-2;3-1-2-4/h7-8H,3-6,9-10H2,1-2H3;2*3H,1H2,2H3;3-4H,1-2H2. The van der Waals surface area contributed by atoms with Gasteiger partial charge in [-0.1, -0.05) is 38.8 Å². The van der Waals surface area contributed by atoms with E-state index >= 15 is 0 Å². The maximum Gasteiger partial charge on any atom is 0.107 e. The molecule has 21 heavy (non-hydrogen) atoms. The van der Waals surface area contributed by atoms with Crippen molar-refractivity contribution < 1.29 is 14.9 Å². The lowest BCUT2D eigenvalue weighted by molar-refractivity contribution is -0.0139. The maximum absolute atomic E-state index is 7.62. The van der Waals surface area contributed by atoms with Gasteiger partial charge in [-0.2, -0.15) is 0 Å². The lowest BCUT2D eigenvalue weighted by Gasteiger charge is -2.17. The summed E-state index contributed by atoms with van der Waals surface area (Å²) in [6.07, 6.45) is 7.00. The van der Waals surface area contributed by atoms with Crippen molar-refractivity contribution in [1.82, 2.24) is 0 Å². The Labute approximate surface area is 131 Å². The molecular formula is C16H38N2O3. The fourth-order valence-electron chi connectivity index (χ4n) is 0.930. The van der Waals surface area contributed by atoms with Crippen LogP contribution in [0, 0.1) is 0 Å². The first-order chi connectivity index (χ1) is 9.94. The SMILES string of the molecule is C=CC.C=CC.CCCC(N)OC(N)CCC.OCCO. The lowest BCUT2D eigenvalue weighted by atomic mass is 10.3. The monoisotopic (exact) mass is 306 g/mol. The molecule has 0 bridgehead atoms. The average Bonchev–Trinajstić information content (AvgIpc) is 2.41. The van der Waals surface area contributed by atoms with Crippen LogP contribution < -0.4 is 11.5 Å². The second-order valence-electron chi connectivity index (χ2n) is 4.05. The van der Waals surface area contributed by atoms with Crippen molar-refractivity contribution in [3.63, 3.8) is 0 Å². The van der Waals surface area contributed by atoms with E-state index in [-0.39, 0.29) is 25.7 Å². The van der Waals surface area contributed by atoms with Crippen LogP contribution in [0.3, 0.4) is 0 Å². The zero-order valence-corrected chi connectivity index (χ0v) is 14.4. The largest absolute Gasteiger partial charge is 0.394 e. The van der Waals surface area contributed by atoms with Crippen LogP contribution in [0.4, 0.5) is 0 Å². The summed E-state index contributed by atoms with van der Waals surface area (Å²) in [5.74, 6) is 0. The van der Waals surface area contributed by atoms with Crippen molar-refractivity contribution in [3.05, 3.63) is 25.3 Å². The normalized spacial score (nSPS) is 11.2. The Morgan fingerprint density at radius 2 is 1.14 bits per heavy atom. The molecule has 130 valence electrons. The van der Waals surface area contributed by atoms with Gasteiger partial charge in [-0.25, -0.2) is 0 Å². The Kier molecular flexibility index (Phi) is 42.8. The third-order valence-electron chi connectivity index (χ3n) is 1.60. The Morgan fingerprint density at radius 3 is 1.29 bits per heavy atom. The van der Waals surface area contributed by atoms with Crippen LogP contribution >= 0.6 is 0 Å². The molecule has 0 saturated carbocycles. The van der Waals surface area contributed by atoms with E-state index < -0.39 is 0 Å². The maximum atomic E-state index is 7.62. The van der Waals surface area contributed by atoms with Crippen molar-refractivity contribution in [1.29, 1.82) is 0 Å². The molecule has 0 spiro atoms. The minimum atomic E-state index is -0.179. The predicted octanol–water partition coefficient (Wildman–Crippen LogP) is 2.53.